The zero-order valence-corrected chi connectivity index (χ0v) is 11.0. The number of urea groups is 1. The van der Waals surface area contributed by atoms with Gasteiger partial charge in [0, 0.05) is 17.7 Å². The van der Waals surface area contributed by atoms with Crippen LogP contribution in [0.25, 0.3) is 0 Å². The van der Waals surface area contributed by atoms with Gasteiger partial charge in [-0.3, -0.25) is 14.9 Å². The molecule has 0 spiro atoms. The lowest BCUT2D eigenvalue weighted by Crippen LogP contribution is -2.29. The summed E-state index contributed by atoms with van der Waals surface area (Å²) in [6.45, 7) is 0.336. The van der Waals surface area contributed by atoms with E-state index in [1.54, 1.807) is 11.3 Å². The Balaban J connectivity index is 1.62. The second-order valence-corrected chi connectivity index (χ2v) is 5.14. The van der Waals surface area contributed by atoms with Gasteiger partial charge in [0.05, 0.1) is 6.61 Å². The Morgan fingerprint density at radius 3 is 2.89 bits per heavy atom. The van der Waals surface area contributed by atoms with Crippen LogP contribution in [0.1, 0.15) is 17.7 Å². The lowest BCUT2D eigenvalue weighted by molar-refractivity contribution is -0.143. The minimum Gasteiger partial charge on any atom is -0.465 e. The summed E-state index contributed by atoms with van der Waals surface area (Å²) in [5.74, 6) is -0.748. The highest BCUT2D eigenvalue weighted by Crippen LogP contribution is 2.09. The number of hydrogen-bond acceptors (Lipinski definition) is 5. The standard InChI is InChI=1S/C12H14N2O4S/c15-10(18-6-5-8-2-1-7-19-8)4-3-9-11(16)14-12(17)13-9/h1-2,7,9H,3-6H2,(H2,13,14,16,17). The van der Waals surface area contributed by atoms with Crippen LogP contribution in [-0.4, -0.2) is 30.6 Å². The van der Waals surface area contributed by atoms with Gasteiger partial charge in [0.15, 0.2) is 0 Å². The Bertz CT molecular complexity index is 472. The summed E-state index contributed by atoms with van der Waals surface area (Å²) in [6.07, 6.45) is 1.07. The molecule has 0 radical (unpaired) electrons. The second kappa shape index (κ2) is 6.33. The van der Waals surface area contributed by atoms with Gasteiger partial charge >= 0.3 is 12.0 Å². The molecule has 0 aromatic carbocycles. The first-order valence-corrected chi connectivity index (χ1v) is 6.82. The van der Waals surface area contributed by atoms with Crippen LogP contribution in [0, 0.1) is 0 Å². The van der Waals surface area contributed by atoms with Crippen molar-refractivity contribution in [3.05, 3.63) is 22.4 Å². The minimum absolute atomic E-state index is 0.114. The van der Waals surface area contributed by atoms with Crippen LogP contribution in [0.4, 0.5) is 4.79 Å². The van der Waals surface area contributed by atoms with E-state index in [9.17, 15) is 14.4 Å². The van der Waals surface area contributed by atoms with Gasteiger partial charge in [-0.15, -0.1) is 11.3 Å². The van der Waals surface area contributed by atoms with E-state index in [0.29, 0.717) is 13.0 Å². The highest BCUT2D eigenvalue weighted by molar-refractivity contribution is 7.09. The number of carbonyl (C=O) groups excluding carboxylic acids is 3. The average molecular weight is 282 g/mol. The molecule has 1 aliphatic rings. The zero-order valence-electron chi connectivity index (χ0n) is 10.2. The molecule has 0 bridgehead atoms. The van der Waals surface area contributed by atoms with Crippen molar-refractivity contribution in [3.63, 3.8) is 0 Å². The van der Waals surface area contributed by atoms with E-state index >= 15 is 0 Å². The van der Waals surface area contributed by atoms with E-state index in [2.05, 4.69) is 10.6 Å². The number of hydrogen-bond donors (Lipinski definition) is 2. The smallest absolute Gasteiger partial charge is 0.322 e. The fourth-order valence-electron chi connectivity index (χ4n) is 1.72. The first-order valence-electron chi connectivity index (χ1n) is 5.94. The molecule has 1 unspecified atom stereocenters. The quantitative estimate of drug-likeness (QED) is 0.597. The van der Waals surface area contributed by atoms with Gasteiger partial charge in [-0.05, 0) is 17.9 Å². The van der Waals surface area contributed by atoms with Gasteiger partial charge in [-0.2, -0.15) is 0 Å². The van der Waals surface area contributed by atoms with E-state index in [1.807, 2.05) is 17.5 Å². The van der Waals surface area contributed by atoms with Crippen LogP contribution in [-0.2, 0) is 20.7 Å². The summed E-state index contributed by atoms with van der Waals surface area (Å²) < 4.78 is 5.06. The molecule has 0 aliphatic carbocycles. The number of nitrogens with one attached hydrogen (secondary N) is 2. The molecule has 3 amide bonds. The average Bonchev–Trinajstić information content (AvgIpc) is 2.97. The summed E-state index contributed by atoms with van der Waals surface area (Å²) in [5.41, 5.74) is 0. The van der Waals surface area contributed by atoms with Crippen LogP contribution in [0.3, 0.4) is 0 Å². The molecular formula is C12H14N2O4S. The summed E-state index contributed by atoms with van der Waals surface area (Å²) in [6, 6.07) is 2.79. The SMILES string of the molecule is O=C1NC(=O)C(CCC(=O)OCCc2cccs2)N1. The van der Waals surface area contributed by atoms with E-state index in [1.165, 1.54) is 0 Å². The Kier molecular flexibility index (Phi) is 4.51. The summed E-state index contributed by atoms with van der Waals surface area (Å²) in [4.78, 5) is 34.7. The van der Waals surface area contributed by atoms with Gasteiger partial charge in [-0.25, -0.2) is 4.79 Å². The van der Waals surface area contributed by atoms with Crippen molar-refractivity contribution in [2.24, 2.45) is 0 Å². The van der Waals surface area contributed by atoms with Crippen molar-refractivity contribution < 1.29 is 19.1 Å². The molecule has 6 nitrogen and oxygen atoms in total. The van der Waals surface area contributed by atoms with Crippen molar-refractivity contribution >= 4 is 29.2 Å². The summed E-state index contributed by atoms with van der Waals surface area (Å²) >= 11 is 1.62. The van der Waals surface area contributed by atoms with Crippen LogP contribution in [0.15, 0.2) is 17.5 Å². The van der Waals surface area contributed by atoms with Gasteiger partial charge in [-0.1, -0.05) is 6.07 Å². The van der Waals surface area contributed by atoms with Gasteiger partial charge < -0.3 is 10.1 Å². The molecule has 1 aliphatic heterocycles. The minimum atomic E-state index is -0.627. The predicted octanol–water partition coefficient (Wildman–Crippen LogP) is 0.822. The van der Waals surface area contributed by atoms with Crippen LogP contribution >= 0.6 is 11.3 Å². The van der Waals surface area contributed by atoms with Gasteiger partial charge in [0.1, 0.15) is 6.04 Å². The van der Waals surface area contributed by atoms with Gasteiger partial charge in [0.25, 0.3) is 5.91 Å². The molecule has 7 heteroatoms. The third kappa shape index (κ3) is 4.06. The number of carbonyl (C=O) groups is 3. The molecule has 19 heavy (non-hydrogen) atoms. The molecule has 2 heterocycles. The van der Waals surface area contributed by atoms with E-state index in [-0.39, 0.29) is 18.8 Å². The monoisotopic (exact) mass is 282 g/mol. The zero-order chi connectivity index (χ0) is 13.7. The van der Waals surface area contributed by atoms with E-state index in [4.69, 9.17) is 4.74 Å². The highest BCUT2D eigenvalue weighted by atomic mass is 32.1. The first kappa shape index (κ1) is 13.5. The Hall–Kier alpha value is -1.89. The Morgan fingerprint density at radius 2 is 2.26 bits per heavy atom. The molecule has 102 valence electrons. The molecule has 1 fully saturated rings. The van der Waals surface area contributed by atoms with Crippen LogP contribution < -0.4 is 10.6 Å². The number of ether oxygens (including phenoxy) is 1. The lowest BCUT2D eigenvalue weighted by atomic mass is 10.1. The predicted molar refractivity (Wildman–Crippen MR) is 68.7 cm³/mol. The fourth-order valence-corrected chi connectivity index (χ4v) is 2.41. The maximum Gasteiger partial charge on any atom is 0.322 e. The molecule has 0 saturated carbocycles. The van der Waals surface area contributed by atoms with E-state index < -0.39 is 18.0 Å². The van der Waals surface area contributed by atoms with Crippen molar-refractivity contribution in [1.82, 2.24) is 10.6 Å². The third-order valence-electron chi connectivity index (χ3n) is 2.69. The van der Waals surface area contributed by atoms with Crippen molar-refractivity contribution in [3.8, 4) is 0 Å². The lowest BCUT2D eigenvalue weighted by Gasteiger charge is -2.07. The maximum absolute atomic E-state index is 11.5. The van der Waals surface area contributed by atoms with Gasteiger partial charge in [0.2, 0.25) is 0 Å². The molecule has 1 atom stereocenters. The van der Waals surface area contributed by atoms with E-state index in [0.717, 1.165) is 4.88 Å². The Labute approximate surface area is 114 Å². The molecule has 2 N–H and O–H groups in total. The Morgan fingerprint density at radius 1 is 1.42 bits per heavy atom. The molecular weight excluding hydrogens is 268 g/mol. The topological polar surface area (TPSA) is 84.5 Å². The number of thiophene rings is 1. The van der Waals surface area contributed by atoms with Crippen LogP contribution in [0.2, 0.25) is 0 Å². The number of imide groups is 1. The maximum atomic E-state index is 11.5. The second-order valence-electron chi connectivity index (χ2n) is 4.10. The molecule has 1 aromatic rings. The number of amides is 3. The summed E-state index contributed by atoms with van der Waals surface area (Å²) in [5, 5.41) is 6.52. The molecule has 1 aromatic heterocycles. The first-order chi connectivity index (χ1) is 9.15. The summed E-state index contributed by atoms with van der Waals surface area (Å²) in [7, 11) is 0. The molecule has 2 rings (SSSR count). The fraction of sp³-hybridized carbons (Fsp3) is 0.417. The van der Waals surface area contributed by atoms with Crippen LogP contribution in [0.5, 0.6) is 0 Å². The highest BCUT2D eigenvalue weighted by Gasteiger charge is 2.29. The number of rotatable bonds is 6. The third-order valence-corrected chi connectivity index (χ3v) is 3.62. The largest absolute Gasteiger partial charge is 0.465 e. The molecule has 1 saturated heterocycles. The van der Waals surface area contributed by atoms with Crippen molar-refractivity contribution in [2.75, 3.05) is 6.61 Å². The number of esters is 1. The van der Waals surface area contributed by atoms with Crippen molar-refractivity contribution in [2.45, 2.75) is 25.3 Å². The normalized spacial score (nSPS) is 18.0. The van der Waals surface area contributed by atoms with Crippen molar-refractivity contribution in [1.29, 1.82) is 0 Å².